The Morgan fingerprint density at radius 3 is 1.46 bits per heavy atom. The highest BCUT2D eigenvalue weighted by molar-refractivity contribution is 5.94. The molecule has 0 spiro atoms. The summed E-state index contributed by atoms with van der Waals surface area (Å²) in [4.78, 5) is 113. The van der Waals surface area contributed by atoms with Gasteiger partial charge in [-0.15, -0.1) is 0 Å². The largest absolute Gasteiger partial charge is 0.370 e. The highest BCUT2D eigenvalue weighted by Gasteiger charge is 2.24. The quantitative estimate of drug-likeness (QED) is 0.0224. The molecular weight excluding hydrogens is 686 g/mol. The van der Waals surface area contributed by atoms with E-state index in [1.807, 2.05) is 13.8 Å². The Morgan fingerprint density at radius 2 is 1.00 bits per heavy atom. The first kappa shape index (κ1) is 46.5. The van der Waals surface area contributed by atoms with Crippen molar-refractivity contribution in [2.24, 2.45) is 33.8 Å². The smallest absolute Gasteiger partial charge is 0.243 e. The van der Waals surface area contributed by atoms with Gasteiger partial charge >= 0.3 is 0 Å². The second-order valence-electron chi connectivity index (χ2n) is 12.0. The molecule has 0 heterocycles. The Morgan fingerprint density at radius 1 is 0.558 bits per heavy atom. The van der Waals surface area contributed by atoms with Crippen molar-refractivity contribution in [3.05, 3.63) is 0 Å². The molecule has 16 N–H and O–H groups in total. The normalized spacial score (nSPS) is 12.2. The Labute approximate surface area is 301 Å². The highest BCUT2D eigenvalue weighted by Crippen LogP contribution is 2.05. The van der Waals surface area contributed by atoms with Crippen LogP contribution in [0, 0.1) is 5.92 Å². The maximum Gasteiger partial charge on any atom is 0.243 e. The van der Waals surface area contributed by atoms with E-state index in [2.05, 4.69) is 47.5 Å². The third kappa shape index (κ3) is 23.8. The maximum atomic E-state index is 12.8. The van der Waals surface area contributed by atoms with E-state index < -0.39 is 104 Å². The molecule has 52 heavy (non-hydrogen) atoms. The van der Waals surface area contributed by atoms with Crippen LogP contribution in [0.1, 0.15) is 59.3 Å². The van der Waals surface area contributed by atoms with Crippen molar-refractivity contribution in [1.29, 1.82) is 0 Å². The second-order valence-corrected chi connectivity index (χ2v) is 12.0. The molecule has 22 heteroatoms. The lowest BCUT2D eigenvalue weighted by Crippen LogP contribution is -2.53. The molecule has 3 atom stereocenters. The molecule has 294 valence electrons. The molecule has 9 amide bonds. The van der Waals surface area contributed by atoms with Gasteiger partial charge in [-0.3, -0.25) is 48.1 Å². The first-order valence-corrected chi connectivity index (χ1v) is 16.7. The molecule has 0 saturated carbocycles. The lowest BCUT2D eigenvalue weighted by molar-refractivity contribution is -0.132. The van der Waals surface area contributed by atoms with Crippen LogP contribution >= 0.6 is 0 Å². The van der Waals surface area contributed by atoms with Crippen LogP contribution < -0.4 is 65.5 Å². The zero-order valence-electron chi connectivity index (χ0n) is 29.9. The van der Waals surface area contributed by atoms with E-state index in [0.717, 1.165) is 0 Å². The minimum absolute atomic E-state index is 0.0400. The topological polar surface area (TPSA) is 366 Å². The molecule has 0 saturated heterocycles. The van der Waals surface area contributed by atoms with Gasteiger partial charge in [-0.1, -0.05) is 13.8 Å². The summed E-state index contributed by atoms with van der Waals surface area (Å²) in [5, 5.41) is 19.0. The van der Waals surface area contributed by atoms with Gasteiger partial charge in [0.2, 0.25) is 53.2 Å². The van der Waals surface area contributed by atoms with Crippen molar-refractivity contribution in [3.63, 3.8) is 0 Å². The SMILES string of the molecule is CC(=O)N[C@@H](CCCN=C(N)N)C(=O)NCC(=O)NCC(=O)NCC(=O)NCC(=O)N[C@@H](CC(C)C)C(=O)NCC(=O)N[C@@H](CCCCN)C(N)=O. The fraction of sp³-hybridized carbons (Fsp3) is 0.667. The first-order valence-electron chi connectivity index (χ1n) is 16.7. The first-order chi connectivity index (χ1) is 24.4. The number of aliphatic imine (C=N–C) groups is 1. The molecule has 0 bridgehead atoms. The summed E-state index contributed by atoms with van der Waals surface area (Å²) in [6.07, 6.45) is 2.28. The molecule has 0 aliphatic carbocycles. The maximum absolute atomic E-state index is 12.8. The molecule has 22 nitrogen and oxygen atoms in total. The molecule has 0 aromatic rings. The number of hydrogen-bond acceptors (Lipinski definition) is 11. The zero-order valence-corrected chi connectivity index (χ0v) is 29.9. The second kappa shape index (κ2) is 26.3. The van der Waals surface area contributed by atoms with E-state index in [4.69, 9.17) is 22.9 Å². The minimum Gasteiger partial charge on any atom is -0.370 e. The molecule has 0 aromatic carbocycles. The van der Waals surface area contributed by atoms with Crippen LogP contribution in [0.25, 0.3) is 0 Å². The summed E-state index contributed by atoms with van der Waals surface area (Å²) >= 11 is 0. The number of guanidine groups is 1. The number of unbranched alkanes of at least 4 members (excludes halogenated alkanes) is 1. The monoisotopic (exact) mass is 741 g/mol. The molecule has 0 aliphatic heterocycles. The van der Waals surface area contributed by atoms with Crippen molar-refractivity contribution < 1.29 is 43.2 Å². The number of nitrogens with zero attached hydrogens (tertiary/aromatic N) is 1. The molecule has 0 unspecified atom stereocenters. The summed E-state index contributed by atoms with van der Waals surface area (Å²) in [5.74, 6) is -6.23. The average molecular weight is 742 g/mol. The van der Waals surface area contributed by atoms with Crippen LogP contribution in [0.5, 0.6) is 0 Å². The van der Waals surface area contributed by atoms with E-state index >= 15 is 0 Å². The van der Waals surface area contributed by atoms with Crippen LogP contribution in [0.4, 0.5) is 0 Å². The Bertz CT molecular complexity index is 1270. The van der Waals surface area contributed by atoms with E-state index in [9.17, 15) is 43.2 Å². The summed E-state index contributed by atoms with van der Waals surface area (Å²) in [7, 11) is 0. The van der Waals surface area contributed by atoms with Crippen LogP contribution in [-0.4, -0.2) is 123 Å². The molecule has 0 aliphatic rings. The van der Waals surface area contributed by atoms with Gasteiger partial charge in [0.25, 0.3) is 0 Å². The summed E-state index contributed by atoms with van der Waals surface area (Å²) < 4.78 is 0. The van der Waals surface area contributed by atoms with Crippen molar-refractivity contribution in [2.75, 3.05) is 45.8 Å². The van der Waals surface area contributed by atoms with Crippen LogP contribution in [-0.2, 0) is 43.2 Å². The number of carbonyl (C=O) groups is 9. The van der Waals surface area contributed by atoms with Crippen LogP contribution in [0.2, 0.25) is 0 Å². The van der Waals surface area contributed by atoms with E-state index in [-0.39, 0.29) is 31.3 Å². The van der Waals surface area contributed by atoms with Gasteiger partial charge in [0.1, 0.15) is 18.1 Å². The van der Waals surface area contributed by atoms with Gasteiger partial charge in [0.15, 0.2) is 5.96 Å². The van der Waals surface area contributed by atoms with Crippen LogP contribution in [0.15, 0.2) is 4.99 Å². The van der Waals surface area contributed by atoms with Gasteiger partial charge in [-0.25, -0.2) is 0 Å². The number of carbonyl (C=O) groups excluding carboxylic acids is 9. The van der Waals surface area contributed by atoms with Gasteiger partial charge in [-0.05, 0) is 51.0 Å². The molecule has 0 aromatic heterocycles. The Hall–Kier alpha value is -5.54. The highest BCUT2D eigenvalue weighted by atomic mass is 16.2. The average Bonchev–Trinajstić information content (AvgIpc) is 3.06. The predicted octanol–water partition coefficient (Wildman–Crippen LogP) is -6.24. The lowest BCUT2D eigenvalue weighted by atomic mass is 10.0. The van der Waals surface area contributed by atoms with E-state index in [0.29, 0.717) is 32.2 Å². The standard InChI is InChI=1S/C30H55N13O9/c1-17(2)11-21(29(52)40-16-26(49)42-19(27(32)50)7-4-5-9-31)43-25(48)15-38-23(46)13-36-22(45)12-37-24(47)14-39-28(51)20(41-18(3)44)8-6-10-35-30(33)34/h17,19-21H,4-16,31H2,1-3H3,(H2,32,50)(H,36,45)(H,37,47)(H,38,46)(H,39,51)(H,40,52)(H,41,44)(H,42,49)(H,43,48)(H4,33,34,35)/t19-,20-,21-/m0/s1. The van der Waals surface area contributed by atoms with E-state index in [1.54, 1.807) is 0 Å². The number of rotatable bonds is 26. The van der Waals surface area contributed by atoms with Gasteiger partial charge < -0.3 is 65.5 Å². The number of hydrogen-bond donors (Lipinski definition) is 12. The van der Waals surface area contributed by atoms with Gasteiger partial charge in [0, 0.05) is 13.5 Å². The third-order valence-corrected chi connectivity index (χ3v) is 6.81. The zero-order chi connectivity index (χ0) is 39.6. The predicted molar refractivity (Wildman–Crippen MR) is 188 cm³/mol. The van der Waals surface area contributed by atoms with Crippen LogP contribution in [0.3, 0.4) is 0 Å². The van der Waals surface area contributed by atoms with Crippen molar-refractivity contribution in [3.8, 4) is 0 Å². The third-order valence-electron chi connectivity index (χ3n) is 6.81. The van der Waals surface area contributed by atoms with Crippen molar-refractivity contribution in [1.82, 2.24) is 42.5 Å². The van der Waals surface area contributed by atoms with Gasteiger partial charge in [0.05, 0.1) is 32.7 Å². The lowest BCUT2D eigenvalue weighted by Gasteiger charge is -2.21. The van der Waals surface area contributed by atoms with Crippen molar-refractivity contribution >= 4 is 59.1 Å². The number of primary amides is 1. The Balaban J connectivity index is 4.64. The van der Waals surface area contributed by atoms with E-state index in [1.165, 1.54) is 6.92 Å². The molecule has 0 fully saturated rings. The number of nitrogens with one attached hydrogen (secondary N) is 8. The number of amides is 9. The van der Waals surface area contributed by atoms with Crippen molar-refractivity contribution in [2.45, 2.75) is 77.4 Å². The molecule has 0 rings (SSSR count). The molecule has 0 radical (unpaired) electrons. The Kier molecular flexibility index (Phi) is 23.5. The number of nitrogens with two attached hydrogens (primary N) is 4. The van der Waals surface area contributed by atoms with Gasteiger partial charge in [-0.2, -0.15) is 0 Å². The summed E-state index contributed by atoms with van der Waals surface area (Å²) in [6, 6.07) is -2.92. The fourth-order valence-electron chi connectivity index (χ4n) is 4.30. The molecular formula is C30H55N13O9. The summed E-state index contributed by atoms with van der Waals surface area (Å²) in [6.45, 7) is 2.91. The fourth-order valence-corrected chi connectivity index (χ4v) is 4.30. The minimum atomic E-state index is -1.05. The summed E-state index contributed by atoms with van der Waals surface area (Å²) in [5.41, 5.74) is 21.3.